The SMILES string of the molecule is Cc1cnnn1CC(=O)NC(C)C. The van der Waals surface area contributed by atoms with E-state index in [-0.39, 0.29) is 18.5 Å². The minimum atomic E-state index is -0.0383. The summed E-state index contributed by atoms with van der Waals surface area (Å²) in [4.78, 5) is 11.3. The standard InChI is InChI=1S/C8H14N4O/c1-6(2)10-8(13)5-12-7(3)4-9-11-12/h4,6H,5H2,1-3H3,(H,10,13). The highest BCUT2D eigenvalue weighted by atomic mass is 16.2. The quantitative estimate of drug-likeness (QED) is 0.721. The molecule has 1 aromatic rings. The van der Waals surface area contributed by atoms with Crippen LogP contribution in [-0.4, -0.2) is 26.9 Å². The Bertz CT molecular complexity index is 292. The zero-order valence-corrected chi connectivity index (χ0v) is 8.11. The van der Waals surface area contributed by atoms with Crippen LogP contribution in [0.3, 0.4) is 0 Å². The molecule has 0 aromatic carbocycles. The van der Waals surface area contributed by atoms with E-state index in [0.717, 1.165) is 5.69 Å². The van der Waals surface area contributed by atoms with Gasteiger partial charge in [0.25, 0.3) is 0 Å². The number of aromatic nitrogens is 3. The molecule has 1 N–H and O–H groups in total. The normalized spacial score (nSPS) is 10.5. The molecule has 0 radical (unpaired) electrons. The first-order chi connectivity index (χ1) is 6.09. The molecule has 5 heteroatoms. The minimum absolute atomic E-state index is 0.0383. The van der Waals surface area contributed by atoms with Gasteiger partial charge in [-0.05, 0) is 20.8 Å². The van der Waals surface area contributed by atoms with Gasteiger partial charge in [-0.25, -0.2) is 4.68 Å². The Balaban J connectivity index is 2.50. The number of hydrogen-bond acceptors (Lipinski definition) is 3. The summed E-state index contributed by atoms with van der Waals surface area (Å²) in [6.07, 6.45) is 1.63. The largest absolute Gasteiger partial charge is 0.352 e. The Morgan fingerprint density at radius 1 is 1.69 bits per heavy atom. The third-order valence-corrected chi connectivity index (χ3v) is 1.55. The average molecular weight is 182 g/mol. The lowest BCUT2D eigenvalue weighted by molar-refractivity contribution is -0.122. The van der Waals surface area contributed by atoms with Gasteiger partial charge in [-0.3, -0.25) is 4.79 Å². The van der Waals surface area contributed by atoms with Gasteiger partial charge >= 0.3 is 0 Å². The van der Waals surface area contributed by atoms with Crippen LogP contribution in [0.5, 0.6) is 0 Å². The molecule has 72 valence electrons. The molecule has 0 spiro atoms. The fourth-order valence-electron chi connectivity index (χ4n) is 0.969. The molecule has 1 aromatic heterocycles. The summed E-state index contributed by atoms with van der Waals surface area (Å²) in [5, 5.41) is 10.2. The van der Waals surface area contributed by atoms with Gasteiger partial charge in [0.1, 0.15) is 6.54 Å². The van der Waals surface area contributed by atoms with Crippen molar-refractivity contribution in [2.45, 2.75) is 33.4 Å². The van der Waals surface area contributed by atoms with Gasteiger partial charge in [-0.15, -0.1) is 5.10 Å². The van der Waals surface area contributed by atoms with Gasteiger partial charge < -0.3 is 5.32 Å². The van der Waals surface area contributed by atoms with E-state index in [1.54, 1.807) is 10.9 Å². The predicted molar refractivity (Wildman–Crippen MR) is 48.0 cm³/mol. The van der Waals surface area contributed by atoms with E-state index in [1.165, 1.54) is 0 Å². The van der Waals surface area contributed by atoms with Crippen molar-refractivity contribution in [3.63, 3.8) is 0 Å². The van der Waals surface area contributed by atoms with Gasteiger partial charge in [0.2, 0.25) is 5.91 Å². The molecule has 1 rings (SSSR count). The highest BCUT2D eigenvalue weighted by Crippen LogP contribution is 1.92. The molecule has 0 atom stereocenters. The molecule has 0 saturated heterocycles. The number of aryl methyl sites for hydroxylation is 1. The van der Waals surface area contributed by atoms with Gasteiger partial charge in [-0.2, -0.15) is 0 Å². The van der Waals surface area contributed by atoms with Crippen LogP contribution >= 0.6 is 0 Å². The number of rotatable bonds is 3. The Morgan fingerprint density at radius 2 is 2.38 bits per heavy atom. The number of nitrogens with one attached hydrogen (secondary N) is 1. The number of amides is 1. The van der Waals surface area contributed by atoms with E-state index in [4.69, 9.17) is 0 Å². The second-order valence-electron chi connectivity index (χ2n) is 3.26. The third-order valence-electron chi connectivity index (χ3n) is 1.55. The summed E-state index contributed by atoms with van der Waals surface area (Å²) in [7, 11) is 0. The molecule has 1 amide bonds. The highest BCUT2D eigenvalue weighted by Gasteiger charge is 2.06. The second kappa shape index (κ2) is 4.02. The van der Waals surface area contributed by atoms with Crippen LogP contribution in [0.2, 0.25) is 0 Å². The molecule has 0 saturated carbocycles. The van der Waals surface area contributed by atoms with Crippen LogP contribution in [0.4, 0.5) is 0 Å². The van der Waals surface area contributed by atoms with Crippen LogP contribution in [0.15, 0.2) is 6.20 Å². The maximum Gasteiger partial charge on any atom is 0.242 e. The van der Waals surface area contributed by atoms with E-state index >= 15 is 0 Å². The predicted octanol–water partition coefficient (Wildman–Crippen LogP) is 0.111. The van der Waals surface area contributed by atoms with E-state index < -0.39 is 0 Å². The van der Waals surface area contributed by atoms with Crippen LogP contribution in [0.25, 0.3) is 0 Å². The zero-order valence-electron chi connectivity index (χ0n) is 8.11. The Hall–Kier alpha value is -1.39. The van der Waals surface area contributed by atoms with Crippen molar-refractivity contribution >= 4 is 5.91 Å². The molecule has 0 aliphatic carbocycles. The molecular formula is C8H14N4O. The molecule has 0 aliphatic rings. The Kier molecular flexibility index (Phi) is 3.00. The summed E-state index contributed by atoms with van der Waals surface area (Å²) in [6, 6.07) is 0.163. The summed E-state index contributed by atoms with van der Waals surface area (Å²) < 4.78 is 1.57. The van der Waals surface area contributed by atoms with Gasteiger partial charge in [0.05, 0.1) is 11.9 Å². The molecule has 1 heterocycles. The Labute approximate surface area is 77.1 Å². The number of hydrogen-bond donors (Lipinski definition) is 1. The molecule has 0 unspecified atom stereocenters. The number of carbonyl (C=O) groups excluding carboxylic acids is 1. The third kappa shape index (κ3) is 2.85. The topological polar surface area (TPSA) is 59.8 Å². The highest BCUT2D eigenvalue weighted by molar-refractivity contribution is 5.75. The summed E-state index contributed by atoms with van der Waals surface area (Å²) >= 11 is 0. The van der Waals surface area contributed by atoms with Crippen molar-refractivity contribution in [1.82, 2.24) is 20.3 Å². The average Bonchev–Trinajstić information content (AvgIpc) is 2.34. The number of carbonyl (C=O) groups is 1. The lowest BCUT2D eigenvalue weighted by Gasteiger charge is -2.08. The summed E-state index contributed by atoms with van der Waals surface area (Å²) in [6.45, 7) is 5.95. The molecule has 13 heavy (non-hydrogen) atoms. The smallest absolute Gasteiger partial charge is 0.242 e. The van der Waals surface area contributed by atoms with Crippen LogP contribution in [0, 0.1) is 6.92 Å². The van der Waals surface area contributed by atoms with Crippen molar-refractivity contribution in [2.24, 2.45) is 0 Å². The molecule has 0 fully saturated rings. The molecular weight excluding hydrogens is 168 g/mol. The molecule has 0 aliphatic heterocycles. The molecule has 0 bridgehead atoms. The first-order valence-corrected chi connectivity index (χ1v) is 4.24. The van der Waals surface area contributed by atoms with Crippen molar-refractivity contribution in [1.29, 1.82) is 0 Å². The summed E-state index contributed by atoms with van der Waals surface area (Å²) in [5.41, 5.74) is 0.888. The van der Waals surface area contributed by atoms with Crippen molar-refractivity contribution < 1.29 is 4.79 Å². The van der Waals surface area contributed by atoms with Crippen molar-refractivity contribution in [3.8, 4) is 0 Å². The van der Waals surface area contributed by atoms with E-state index in [0.29, 0.717) is 0 Å². The maximum absolute atomic E-state index is 11.3. The van der Waals surface area contributed by atoms with E-state index in [1.807, 2.05) is 20.8 Å². The second-order valence-corrected chi connectivity index (χ2v) is 3.26. The fraction of sp³-hybridized carbons (Fsp3) is 0.625. The van der Waals surface area contributed by atoms with Gasteiger partial charge in [-0.1, -0.05) is 5.21 Å². The van der Waals surface area contributed by atoms with Gasteiger partial charge in [0.15, 0.2) is 0 Å². The fourth-order valence-corrected chi connectivity index (χ4v) is 0.969. The lowest BCUT2D eigenvalue weighted by atomic mass is 10.4. The van der Waals surface area contributed by atoms with E-state index in [9.17, 15) is 4.79 Å². The summed E-state index contributed by atoms with van der Waals surface area (Å²) in [5.74, 6) is -0.0383. The van der Waals surface area contributed by atoms with Gasteiger partial charge in [0, 0.05) is 6.04 Å². The number of nitrogens with zero attached hydrogens (tertiary/aromatic N) is 3. The van der Waals surface area contributed by atoms with Crippen LogP contribution in [0.1, 0.15) is 19.5 Å². The monoisotopic (exact) mass is 182 g/mol. The maximum atomic E-state index is 11.3. The van der Waals surface area contributed by atoms with Crippen molar-refractivity contribution in [3.05, 3.63) is 11.9 Å². The molecule has 5 nitrogen and oxygen atoms in total. The Morgan fingerprint density at radius 3 is 2.85 bits per heavy atom. The first kappa shape index (κ1) is 9.70. The van der Waals surface area contributed by atoms with Crippen molar-refractivity contribution in [2.75, 3.05) is 0 Å². The zero-order chi connectivity index (χ0) is 9.84. The lowest BCUT2D eigenvalue weighted by Crippen LogP contribution is -2.33. The van der Waals surface area contributed by atoms with Crippen LogP contribution in [-0.2, 0) is 11.3 Å². The van der Waals surface area contributed by atoms with Crippen LogP contribution < -0.4 is 5.32 Å². The first-order valence-electron chi connectivity index (χ1n) is 4.24. The van der Waals surface area contributed by atoms with E-state index in [2.05, 4.69) is 15.6 Å². The minimum Gasteiger partial charge on any atom is -0.352 e.